The number of hydrogen-bond donors (Lipinski definition) is 2. The lowest BCUT2D eigenvalue weighted by Gasteiger charge is -2.38. The van der Waals surface area contributed by atoms with Crippen LogP contribution < -0.4 is 11.1 Å². The highest BCUT2D eigenvalue weighted by Crippen LogP contribution is 2.25. The third kappa shape index (κ3) is 2.84. The van der Waals surface area contributed by atoms with Gasteiger partial charge in [0.1, 0.15) is 6.04 Å². The maximum absolute atomic E-state index is 11.9. The standard InChI is InChI=1S/C13H18N2O2/c1-13(8-17-9-13)7-15-12(16)11(14)10-5-3-2-4-6-10/h2-6,11H,7-9,14H2,1H3,(H,15,16)/t11-/m0/s1. The quantitative estimate of drug-likeness (QED) is 0.811. The van der Waals surface area contributed by atoms with Crippen LogP contribution in [0.3, 0.4) is 0 Å². The van der Waals surface area contributed by atoms with Gasteiger partial charge in [-0.1, -0.05) is 37.3 Å². The van der Waals surface area contributed by atoms with Gasteiger partial charge in [-0.05, 0) is 5.56 Å². The van der Waals surface area contributed by atoms with E-state index >= 15 is 0 Å². The number of benzene rings is 1. The first-order chi connectivity index (χ1) is 8.11. The van der Waals surface area contributed by atoms with Crippen molar-refractivity contribution < 1.29 is 9.53 Å². The molecule has 1 saturated heterocycles. The minimum Gasteiger partial charge on any atom is -0.380 e. The summed E-state index contributed by atoms with van der Waals surface area (Å²) in [5.41, 5.74) is 6.79. The molecular weight excluding hydrogens is 216 g/mol. The van der Waals surface area contributed by atoms with Crippen molar-refractivity contribution in [1.82, 2.24) is 5.32 Å². The van der Waals surface area contributed by atoms with Crippen LogP contribution in [0.4, 0.5) is 0 Å². The summed E-state index contributed by atoms with van der Waals surface area (Å²) in [6, 6.07) is 8.78. The second kappa shape index (κ2) is 4.85. The Balaban J connectivity index is 1.87. The van der Waals surface area contributed by atoms with Crippen molar-refractivity contribution in [3.63, 3.8) is 0 Å². The van der Waals surface area contributed by atoms with Crippen LogP contribution in [-0.4, -0.2) is 25.7 Å². The lowest BCUT2D eigenvalue weighted by atomic mass is 9.88. The average molecular weight is 234 g/mol. The van der Waals surface area contributed by atoms with Gasteiger partial charge in [0, 0.05) is 12.0 Å². The fourth-order valence-electron chi connectivity index (χ4n) is 1.77. The molecule has 2 rings (SSSR count). The van der Waals surface area contributed by atoms with Crippen LogP contribution in [0.1, 0.15) is 18.5 Å². The highest BCUT2D eigenvalue weighted by Gasteiger charge is 2.34. The highest BCUT2D eigenvalue weighted by molar-refractivity contribution is 5.82. The molecule has 1 aromatic rings. The molecule has 4 nitrogen and oxygen atoms in total. The van der Waals surface area contributed by atoms with Gasteiger partial charge in [0.2, 0.25) is 5.91 Å². The van der Waals surface area contributed by atoms with Crippen molar-refractivity contribution in [2.45, 2.75) is 13.0 Å². The van der Waals surface area contributed by atoms with Crippen molar-refractivity contribution in [3.8, 4) is 0 Å². The minimum atomic E-state index is -0.596. The number of hydrogen-bond acceptors (Lipinski definition) is 3. The lowest BCUT2D eigenvalue weighted by Crippen LogP contribution is -2.50. The summed E-state index contributed by atoms with van der Waals surface area (Å²) < 4.78 is 5.13. The van der Waals surface area contributed by atoms with Gasteiger partial charge >= 0.3 is 0 Å². The summed E-state index contributed by atoms with van der Waals surface area (Å²) in [6.07, 6.45) is 0. The molecule has 0 spiro atoms. The van der Waals surface area contributed by atoms with E-state index in [0.29, 0.717) is 19.8 Å². The first-order valence-electron chi connectivity index (χ1n) is 5.77. The Morgan fingerprint density at radius 1 is 1.47 bits per heavy atom. The molecule has 1 heterocycles. The van der Waals surface area contributed by atoms with E-state index in [2.05, 4.69) is 12.2 Å². The third-order valence-electron chi connectivity index (χ3n) is 3.03. The van der Waals surface area contributed by atoms with Crippen molar-refractivity contribution in [3.05, 3.63) is 35.9 Å². The minimum absolute atomic E-state index is 0.0755. The van der Waals surface area contributed by atoms with Gasteiger partial charge in [0.05, 0.1) is 13.2 Å². The number of ether oxygens (including phenoxy) is 1. The van der Waals surface area contributed by atoms with Crippen LogP contribution in [0.2, 0.25) is 0 Å². The van der Waals surface area contributed by atoms with Gasteiger partial charge in [-0.25, -0.2) is 0 Å². The van der Waals surface area contributed by atoms with Crippen LogP contribution in [0.15, 0.2) is 30.3 Å². The monoisotopic (exact) mass is 234 g/mol. The predicted octanol–water partition coefficient (Wildman–Crippen LogP) is 0.839. The second-order valence-electron chi connectivity index (χ2n) is 4.91. The summed E-state index contributed by atoms with van der Waals surface area (Å²) in [6.45, 7) is 4.11. The third-order valence-corrected chi connectivity index (χ3v) is 3.03. The van der Waals surface area contributed by atoms with E-state index in [4.69, 9.17) is 10.5 Å². The van der Waals surface area contributed by atoms with Crippen LogP contribution >= 0.6 is 0 Å². The van der Waals surface area contributed by atoms with Crippen molar-refractivity contribution in [1.29, 1.82) is 0 Å². The number of amides is 1. The molecule has 92 valence electrons. The van der Waals surface area contributed by atoms with Crippen LogP contribution in [0, 0.1) is 5.41 Å². The molecule has 1 aliphatic heterocycles. The summed E-state index contributed by atoms with van der Waals surface area (Å²) in [4.78, 5) is 11.9. The van der Waals surface area contributed by atoms with Gasteiger partial charge in [-0.2, -0.15) is 0 Å². The Bertz CT molecular complexity index is 388. The smallest absolute Gasteiger partial charge is 0.241 e. The normalized spacial score (nSPS) is 19.2. The largest absolute Gasteiger partial charge is 0.380 e. The molecule has 1 aliphatic rings. The van der Waals surface area contributed by atoms with E-state index in [1.54, 1.807) is 0 Å². The molecule has 0 aromatic heterocycles. The van der Waals surface area contributed by atoms with Crippen LogP contribution in [-0.2, 0) is 9.53 Å². The fourth-order valence-corrected chi connectivity index (χ4v) is 1.77. The van der Waals surface area contributed by atoms with E-state index in [0.717, 1.165) is 5.56 Å². The molecule has 17 heavy (non-hydrogen) atoms. The zero-order valence-electron chi connectivity index (χ0n) is 9.98. The van der Waals surface area contributed by atoms with Gasteiger partial charge in [-0.15, -0.1) is 0 Å². The Kier molecular flexibility index (Phi) is 3.45. The lowest BCUT2D eigenvalue weighted by molar-refractivity contribution is -0.128. The summed E-state index contributed by atoms with van der Waals surface area (Å²) in [7, 11) is 0. The molecule has 1 aromatic carbocycles. The molecule has 1 atom stereocenters. The van der Waals surface area contributed by atoms with Crippen molar-refractivity contribution in [2.24, 2.45) is 11.1 Å². The average Bonchev–Trinajstić information content (AvgIpc) is 2.33. The zero-order valence-corrected chi connectivity index (χ0v) is 9.98. The summed E-state index contributed by atoms with van der Waals surface area (Å²) in [5, 5.41) is 2.88. The number of carbonyl (C=O) groups excluding carboxylic acids is 1. The van der Waals surface area contributed by atoms with E-state index in [-0.39, 0.29) is 11.3 Å². The fraction of sp³-hybridized carbons (Fsp3) is 0.462. The van der Waals surface area contributed by atoms with E-state index in [1.165, 1.54) is 0 Å². The molecular formula is C13H18N2O2. The van der Waals surface area contributed by atoms with Crippen LogP contribution in [0.25, 0.3) is 0 Å². The summed E-state index contributed by atoms with van der Waals surface area (Å²) >= 11 is 0. The Labute approximate surface area is 101 Å². The van der Waals surface area contributed by atoms with E-state index in [1.807, 2.05) is 30.3 Å². The topological polar surface area (TPSA) is 64.4 Å². The zero-order chi connectivity index (χ0) is 12.3. The molecule has 1 amide bonds. The number of rotatable bonds is 4. The number of carbonyl (C=O) groups is 1. The van der Waals surface area contributed by atoms with Gasteiger partial charge in [0.15, 0.2) is 0 Å². The predicted molar refractivity (Wildman–Crippen MR) is 65.3 cm³/mol. The van der Waals surface area contributed by atoms with E-state index < -0.39 is 6.04 Å². The first kappa shape index (κ1) is 12.1. The molecule has 0 bridgehead atoms. The molecule has 0 aliphatic carbocycles. The molecule has 0 unspecified atom stereocenters. The molecule has 1 fully saturated rings. The number of nitrogens with two attached hydrogens (primary N) is 1. The van der Waals surface area contributed by atoms with Crippen LogP contribution in [0.5, 0.6) is 0 Å². The van der Waals surface area contributed by atoms with E-state index in [9.17, 15) is 4.79 Å². The Morgan fingerprint density at radius 3 is 2.65 bits per heavy atom. The molecule has 4 heteroatoms. The van der Waals surface area contributed by atoms with Crippen molar-refractivity contribution in [2.75, 3.05) is 19.8 Å². The maximum atomic E-state index is 11.9. The highest BCUT2D eigenvalue weighted by atomic mass is 16.5. The molecule has 0 saturated carbocycles. The Hall–Kier alpha value is -1.39. The number of nitrogens with one attached hydrogen (secondary N) is 1. The van der Waals surface area contributed by atoms with Gasteiger partial charge < -0.3 is 15.8 Å². The van der Waals surface area contributed by atoms with Gasteiger partial charge in [0.25, 0.3) is 0 Å². The van der Waals surface area contributed by atoms with Crippen molar-refractivity contribution >= 4 is 5.91 Å². The van der Waals surface area contributed by atoms with Gasteiger partial charge in [-0.3, -0.25) is 4.79 Å². The first-order valence-corrected chi connectivity index (χ1v) is 5.77. The SMILES string of the molecule is CC1(CNC(=O)[C@@H](N)c2ccccc2)COC1. The second-order valence-corrected chi connectivity index (χ2v) is 4.91. The maximum Gasteiger partial charge on any atom is 0.241 e. The summed E-state index contributed by atoms with van der Waals surface area (Å²) in [5.74, 6) is -0.135. The Morgan fingerprint density at radius 2 is 2.12 bits per heavy atom. The molecule has 3 N–H and O–H groups in total. The molecule has 0 radical (unpaired) electrons.